The third-order valence-electron chi connectivity index (χ3n) is 1.76. The molecule has 2 nitrogen and oxygen atoms in total. The molecule has 0 aliphatic heterocycles. The van der Waals surface area contributed by atoms with Crippen molar-refractivity contribution < 1.29 is 25.8 Å². The van der Waals surface area contributed by atoms with Gasteiger partial charge in [-0.25, -0.2) is 0 Å². The van der Waals surface area contributed by atoms with Gasteiger partial charge in [-0.15, -0.1) is 12.1 Å². The Morgan fingerprint density at radius 3 is 2.73 bits per heavy atom. The summed E-state index contributed by atoms with van der Waals surface area (Å²) >= 11 is 4.25. The third kappa shape index (κ3) is 6.16. The average molecular weight is 325 g/mol. The fourth-order valence-corrected chi connectivity index (χ4v) is 1.01. The van der Waals surface area contributed by atoms with Crippen LogP contribution in [0.4, 0.5) is 0 Å². The zero-order valence-corrected chi connectivity index (χ0v) is 13.8. The number of methoxy groups -OCH3 is 1. The molecule has 0 unspecified atom stereocenters. The zero-order chi connectivity index (χ0) is 11.5. The molecule has 0 saturated carbocycles. The molecule has 0 atom stereocenters. The summed E-state index contributed by atoms with van der Waals surface area (Å²) < 4.78 is 10.6. The van der Waals surface area contributed by atoms with Crippen LogP contribution < -0.4 is 9.47 Å². The second-order valence-corrected chi connectivity index (χ2v) is 2.78. The first kappa shape index (κ1) is 14.9. The van der Waals surface area contributed by atoms with Crippen LogP contribution in [0.1, 0.15) is 19.8 Å². The second kappa shape index (κ2) is 10.4. The summed E-state index contributed by atoms with van der Waals surface area (Å²) in [5, 5.41) is 0. The number of ether oxygens (including phenoxy) is 2. The molecule has 0 aliphatic rings. The maximum atomic E-state index is 5.51. The predicted molar refractivity (Wildman–Crippen MR) is 61.2 cm³/mol. The van der Waals surface area contributed by atoms with Crippen molar-refractivity contribution in [3.05, 3.63) is 24.3 Å². The SMILES string of the molecule is CCCCOc1c[c-]ccc1OC.[Zn+][Br]. The monoisotopic (exact) mass is 322 g/mol. The minimum atomic E-state index is 0.741. The van der Waals surface area contributed by atoms with Crippen molar-refractivity contribution in [1.29, 1.82) is 0 Å². The number of benzene rings is 1. The van der Waals surface area contributed by atoms with E-state index in [1.807, 2.05) is 12.1 Å². The molecule has 1 rings (SSSR count). The number of unbranched alkanes of at least 4 members (excludes halogenated alkanes) is 1. The Bertz CT molecular complexity index is 256. The molecule has 0 spiro atoms. The van der Waals surface area contributed by atoms with E-state index < -0.39 is 0 Å². The molecule has 1 aromatic carbocycles. The topological polar surface area (TPSA) is 18.5 Å². The molecule has 0 aromatic heterocycles. The van der Waals surface area contributed by atoms with Crippen molar-refractivity contribution >= 4 is 13.6 Å². The molecular weight excluding hydrogens is 309 g/mol. The van der Waals surface area contributed by atoms with Gasteiger partial charge < -0.3 is 9.47 Å². The Morgan fingerprint density at radius 2 is 2.13 bits per heavy atom. The fourth-order valence-electron chi connectivity index (χ4n) is 1.01. The van der Waals surface area contributed by atoms with Crippen LogP contribution >= 0.6 is 13.6 Å². The molecule has 1 aromatic rings. The van der Waals surface area contributed by atoms with Crippen LogP contribution in [0, 0.1) is 6.07 Å². The Labute approximate surface area is 108 Å². The fraction of sp³-hybridized carbons (Fsp3) is 0.455. The van der Waals surface area contributed by atoms with E-state index >= 15 is 0 Å². The molecule has 80 valence electrons. The first-order valence-electron chi connectivity index (χ1n) is 4.82. The van der Waals surface area contributed by atoms with E-state index in [0.29, 0.717) is 0 Å². The summed E-state index contributed by atoms with van der Waals surface area (Å²) in [5.41, 5.74) is 0. The van der Waals surface area contributed by atoms with Crippen LogP contribution in [0.5, 0.6) is 11.5 Å². The first-order valence-corrected chi connectivity index (χ1v) is 11.8. The van der Waals surface area contributed by atoms with Crippen molar-refractivity contribution in [2.75, 3.05) is 13.7 Å². The molecule has 0 amide bonds. The normalized spacial score (nSPS) is 8.87. The van der Waals surface area contributed by atoms with E-state index in [2.05, 4.69) is 26.6 Å². The van der Waals surface area contributed by atoms with Gasteiger partial charge in [-0.1, -0.05) is 13.3 Å². The summed E-state index contributed by atoms with van der Waals surface area (Å²) in [6, 6.07) is 8.42. The molecule has 0 bridgehead atoms. The molecule has 4 heteroatoms. The standard InChI is InChI=1S/C11H15O2.BrH.Zn/c1-3-4-9-13-11-8-6-5-7-10(11)12-2;;/h5,7-8H,3-4,9H2,1-2H3;1H;/q-1;;+2/p-1. The van der Waals surface area contributed by atoms with E-state index in [1.165, 1.54) is 16.3 Å². The molecule has 0 heterocycles. The van der Waals surface area contributed by atoms with Crippen LogP contribution in [-0.4, -0.2) is 13.7 Å². The predicted octanol–water partition coefficient (Wildman–Crippen LogP) is 3.52. The summed E-state index contributed by atoms with van der Waals surface area (Å²) in [6.45, 7) is 2.88. The van der Waals surface area contributed by atoms with E-state index in [9.17, 15) is 0 Å². The van der Waals surface area contributed by atoms with Gasteiger partial charge in [0.2, 0.25) is 0 Å². The number of hydrogen-bond acceptors (Lipinski definition) is 2. The van der Waals surface area contributed by atoms with Crippen molar-refractivity contribution in [3.63, 3.8) is 0 Å². The molecule has 0 N–H and O–H groups in total. The van der Waals surface area contributed by atoms with Crippen LogP contribution in [0.15, 0.2) is 18.2 Å². The Balaban J connectivity index is 0.000000921. The van der Waals surface area contributed by atoms with E-state index in [4.69, 9.17) is 9.47 Å². The Kier molecular flexibility index (Phi) is 10.4. The van der Waals surface area contributed by atoms with Crippen molar-refractivity contribution in [1.82, 2.24) is 0 Å². The quantitative estimate of drug-likeness (QED) is 0.469. The van der Waals surface area contributed by atoms with E-state index in [0.717, 1.165) is 30.9 Å². The van der Waals surface area contributed by atoms with Crippen LogP contribution in [0.2, 0.25) is 0 Å². The average Bonchev–Trinajstić information content (AvgIpc) is 2.33. The molecular formula is C11H15BrO2Zn. The zero-order valence-electron chi connectivity index (χ0n) is 9.25. The van der Waals surface area contributed by atoms with Crippen molar-refractivity contribution in [2.45, 2.75) is 19.8 Å². The number of rotatable bonds is 5. The number of hydrogen-bond donors (Lipinski definition) is 0. The minimum absolute atomic E-state index is 0.741. The first-order chi connectivity index (χ1) is 7.38. The van der Waals surface area contributed by atoms with Gasteiger partial charge >= 0.3 is 30.0 Å². The Hall–Kier alpha value is -0.0766. The summed E-state index contributed by atoms with van der Waals surface area (Å²) in [4.78, 5) is 0. The summed E-state index contributed by atoms with van der Waals surface area (Å²) in [5.74, 6) is 1.55. The van der Waals surface area contributed by atoms with E-state index in [-0.39, 0.29) is 0 Å². The van der Waals surface area contributed by atoms with Crippen LogP contribution in [0.3, 0.4) is 0 Å². The van der Waals surface area contributed by atoms with Gasteiger partial charge in [0.25, 0.3) is 0 Å². The molecule has 0 aliphatic carbocycles. The van der Waals surface area contributed by atoms with Crippen LogP contribution in [-0.2, 0) is 16.3 Å². The van der Waals surface area contributed by atoms with Gasteiger partial charge in [0, 0.05) is 5.75 Å². The van der Waals surface area contributed by atoms with Gasteiger partial charge in [-0.05, 0) is 6.42 Å². The van der Waals surface area contributed by atoms with Gasteiger partial charge in [-0.3, -0.25) is 0 Å². The van der Waals surface area contributed by atoms with Crippen molar-refractivity contribution in [3.8, 4) is 11.5 Å². The third-order valence-corrected chi connectivity index (χ3v) is 1.76. The summed E-state index contributed by atoms with van der Waals surface area (Å²) in [6.07, 6.45) is 2.21. The molecule has 0 saturated heterocycles. The molecule has 0 fully saturated rings. The molecule has 0 radical (unpaired) electrons. The van der Waals surface area contributed by atoms with Gasteiger partial charge in [-0.2, -0.15) is 12.1 Å². The van der Waals surface area contributed by atoms with Gasteiger partial charge in [0.05, 0.1) is 19.5 Å². The second-order valence-electron chi connectivity index (χ2n) is 2.78. The summed E-state index contributed by atoms with van der Waals surface area (Å²) in [7, 11) is 1.64. The maximum absolute atomic E-state index is 5.51. The number of halogens is 1. The van der Waals surface area contributed by atoms with Gasteiger partial charge in [0.1, 0.15) is 0 Å². The molecule has 15 heavy (non-hydrogen) atoms. The Morgan fingerprint density at radius 1 is 1.40 bits per heavy atom. The van der Waals surface area contributed by atoms with Crippen LogP contribution in [0.25, 0.3) is 0 Å². The van der Waals surface area contributed by atoms with E-state index in [1.54, 1.807) is 13.2 Å². The van der Waals surface area contributed by atoms with Gasteiger partial charge in [0.15, 0.2) is 0 Å². The van der Waals surface area contributed by atoms with Crippen molar-refractivity contribution in [2.24, 2.45) is 0 Å².